The summed E-state index contributed by atoms with van der Waals surface area (Å²) in [5.41, 5.74) is 0.786. The minimum Gasteiger partial charge on any atom is -0.464 e. The van der Waals surface area contributed by atoms with Crippen molar-refractivity contribution in [2.75, 3.05) is 7.11 Å². The maximum Gasteiger partial charge on any atom is 0.358 e. The highest BCUT2D eigenvalue weighted by molar-refractivity contribution is 6.07. The second-order valence-electron chi connectivity index (χ2n) is 3.47. The number of hydrogen-bond donors (Lipinski definition) is 0. The van der Waals surface area contributed by atoms with E-state index in [1.54, 1.807) is 24.3 Å². The molecular formula is C13H10N2O3. The van der Waals surface area contributed by atoms with Gasteiger partial charge >= 0.3 is 5.97 Å². The Bertz CT molecular complexity index is 565. The van der Waals surface area contributed by atoms with Gasteiger partial charge in [-0.3, -0.25) is 4.79 Å². The van der Waals surface area contributed by atoms with Gasteiger partial charge in [0.25, 0.3) is 0 Å². The van der Waals surface area contributed by atoms with Gasteiger partial charge in [0.05, 0.1) is 19.5 Å². The number of rotatable bonds is 3. The predicted molar refractivity (Wildman–Crippen MR) is 63.2 cm³/mol. The van der Waals surface area contributed by atoms with E-state index in [0.717, 1.165) is 0 Å². The van der Waals surface area contributed by atoms with Crippen LogP contribution < -0.4 is 0 Å². The predicted octanol–water partition coefficient (Wildman–Crippen LogP) is 1.49. The highest BCUT2D eigenvalue weighted by Gasteiger charge is 2.13. The zero-order valence-electron chi connectivity index (χ0n) is 9.66. The fourth-order valence-corrected chi connectivity index (χ4v) is 1.39. The minimum atomic E-state index is -0.582. The Balaban J connectivity index is 2.25. The van der Waals surface area contributed by atoms with Gasteiger partial charge in [-0.1, -0.05) is 30.3 Å². The molecule has 0 N–H and O–H groups in total. The van der Waals surface area contributed by atoms with Crippen LogP contribution in [0.5, 0.6) is 0 Å². The second kappa shape index (κ2) is 5.18. The first-order valence-electron chi connectivity index (χ1n) is 5.22. The molecule has 2 aromatic rings. The molecule has 0 saturated carbocycles. The van der Waals surface area contributed by atoms with Crippen LogP contribution in [0, 0.1) is 0 Å². The minimum absolute atomic E-state index is 0.0714. The van der Waals surface area contributed by atoms with Crippen LogP contribution in [0.3, 0.4) is 0 Å². The monoisotopic (exact) mass is 242 g/mol. The molecule has 0 saturated heterocycles. The Labute approximate surface area is 103 Å². The lowest BCUT2D eigenvalue weighted by Crippen LogP contribution is -2.09. The number of aromatic nitrogens is 2. The van der Waals surface area contributed by atoms with E-state index in [0.29, 0.717) is 5.56 Å². The first kappa shape index (κ1) is 11.9. The lowest BCUT2D eigenvalue weighted by atomic mass is 10.1. The van der Waals surface area contributed by atoms with Crippen LogP contribution in [0.15, 0.2) is 42.7 Å². The summed E-state index contributed by atoms with van der Waals surface area (Å²) in [5.74, 6) is -0.819. The quantitative estimate of drug-likeness (QED) is 0.602. The Morgan fingerprint density at radius 1 is 1.00 bits per heavy atom. The smallest absolute Gasteiger partial charge is 0.358 e. The van der Waals surface area contributed by atoms with Gasteiger partial charge in [-0.15, -0.1) is 0 Å². The molecule has 0 radical (unpaired) electrons. The summed E-state index contributed by atoms with van der Waals surface area (Å²) in [6.45, 7) is 0. The van der Waals surface area contributed by atoms with Gasteiger partial charge in [0, 0.05) is 5.56 Å². The van der Waals surface area contributed by atoms with Gasteiger partial charge in [0.15, 0.2) is 5.69 Å². The summed E-state index contributed by atoms with van der Waals surface area (Å²) in [6, 6.07) is 8.74. The maximum atomic E-state index is 12.0. The van der Waals surface area contributed by atoms with Crippen molar-refractivity contribution in [1.29, 1.82) is 0 Å². The molecule has 5 nitrogen and oxygen atoms in total. The van der Waals surface area contributed by atoms with E-state index in [4.69, 9.17) is 0 Å². The van der Waals surface area contributed by atoms with E-state index in [1.807, 2.05) is 6.07 Å². The van der Waals surface area contributed by atoms with Crippen molar-refractivity contribution >= 4 is 11.8 Å². The number of hydrogen-bond acceptors (Lipinski definition) is 5. The average Bonchev–Trinajstić information content (AvgIpc) is 2.47. The normalized spacial score (nSPS) is 9.83. The summed E-state index contributed by atoms with van der Waals surface area (Å²) in [7, 11) is 1.26. The first-order chi connectivity index (χ1) is 8.72. The number of carbonyl (C=O) groups excluding carboxylic acids is 2. The second-order valence-corrected chi connectivity index (χ2v) is 3.47. The summed E-state index contributed by atoms with van der Waals surface area (Å²) >= 11 is 0. The van der Waals surface area contributed by atoms with Crippen molar-refractivity contribution in [2.24, 2.45) is 0 Å². The number of carbonyl (C=O) groups is 2. The number of ether oxygens (including phenoxy) is 1. The molecule has 90 valence electrons. The van der Waals surface area contributed by atoms with Crippen LogP contribution in [0.4, 0.5) is 0 Å². The molecule has 1 aromatic carbocycles. The van der Waals surface area contributed by atoms with Crippen molar-refractivity contribution in [1.82, 2.24) is 9.97 Å². The van der Waals surface area contributed by atoms with Crippen molar-refractivity contribution in [3.05, 3.63) is 59.7 Å². The molecule has 0 amide bonds. The molecule has 0 fully saturated rings. The average molecular weight is 242 g/mol. The topological polar surface area (TPSA) is 69.2 Å². The van der Waals surface area contributed by atoms with E-state index >= 15 is 0 Å². The van der Waals surface area contributed by atoms with Crippen molar-refractivity contribution < 1.29 is 14.3 Å². The standard InChI is InChI=1S/C13H10N2O3/c1-18-13(17)11-8-14-10(7-15-11)12(16)9-5-3-2-4-6-9/h2-8H,1H3. The zero-order valence-corrected chi connectivity index (χ0v) is 9.66. The van der Waals surface area contributed by atoms with Gasteiger partial charge in [-0.2, -0.15) is 0 Å². The van der Waals surface area contributed by atoms with Gasteiger partial charge in [0.1, 0.15) is 5.69 Å². The highest BCUT2D eigenvalue weighted by Crippen LogP contribution is 2.06. The summed E-state index contributed by atoms with van der Waals surface area (Å²) in [4.78, 5) is 30.9. The van der Waals surface area contributed by atoms with Crippen LogP contribution in [-0.2, 0) is 4.74 Å². The summed E-state index contributed by atoms with van der Waals surface area (Å²) < 4.78 is 4.49. The van der Waals surface area contributed by atoms with E-state index in [2.05, 4.69) is 14.7 Å². The molecule has 5 heteroatoms. The highest BCUT2D eigenvalue weighted by atomic mass is 16.5. The molecule has 18 heavy (non-hydrogen) atoms. The third-order valence-electron chi connectivity index (χ3n) is 2.31. The molecule has 0 aliphatic rings. The van der Waals surface area contributed by atoms with E-state index in [-0.39, 0.29) is 17.2 Å². The Morgan fingerprint density at radius 2 is 1.61 bits per heavy atom. The number of benzene rings is 1. The van der Waals surface area contributed by atoms with Gasteiger partial charge in [-0.25, -0.2) is 14.8 Å². The zero-order chi connectivity index (χ0) is 13.0. The molecule has 0 bridgehead atoms. The molecule has 1 aromatic heterocycles. The molecule has 0 aliphatic heterocycles. The maximum absolute atomic E-state index is 12.0. The molecule has 0 atom stereocenters. The van der Waals surface area contributed by atoms with Crippen LogP contribution >= 0.6 is 0 Å². The lowest BCUT2D eigenvalue weighted by molar-refractivity contribution is 0.0593. The fraction of sp³-hybridized carbons (Fsp3) is 0.0769. The van der Waals surface area contributed by atoms with Crippen LogP contribution in [0.2, 0.25) is 0 Å². The van der Waals surface area contributed by atoms with Gasteiger partial charge in [0.2, 0.25) is 5.78 Å². The first-order valence-corrected chi connectivity index (χ1v) is 5.22. The van der Waals surface area contributed by atoms with Crippen molar-refractivity contribution in [3.8, 4) is 0 Å². The van der Waals surface area contributed by atoms with Crippen molar-refractivity contribution in [2.45, 2.75) is 0 Å². The third kappa shape index (κ3) is 2.40. The Kier molecular flexibility index (Phi) is 3.43. The van der Waals surface area contributed by atoms with Gasteiger partial charge in [-0.05, 0) is 0 Å². The molecule has 1 heterocycles. The largest absolute Gasteiger partial charge is 0.464 e. The van der Waals surface area contributed by atoms with E-state index in [9.17, 15) is 9.59 Å². The van der Waals surface area contributed by atoms with E-state index < -0.39 is 5.97 Å². The molecule has 0 aliphatic carbocycles. The lowest BCUT2D eigenvalue weighted by Gasteiger charge is -2.01. The molecule has 2 rings (SSSR count). The van der Waals surface area contributed by atoms with Crippen LogP contribution in [-0.4, -0.2) is 28.8 Å². The Hall–Kier alpha value is -2.56. The summed E-state index contributed by atoms with van der Waals surface area (Å²) in [5, 5.41) is 0. The van der Waals surface area contributed by atoms with E-state index in [1.165, 1.54) is 19.5 Å². The SMILES string of the molecule is COC(=O)c1cnc(C(=O)c2ccccc2)cn1. The van der Waals surface area contributed by atoms with Crippen LogP contribution in [0.1, 0.15) is 26.5 Å². The third-order valence-corrected chi connectivity index (χ3v) is 2.31. The fourth-order valence-electron chi connectivity index (χ4n) is 1.39. The number of methoxy groups -OCH3 is 1. The molecule has 0 unspecified atom stereocenters. The Morgan fingerprint density at radius 3 is 2.17 bits per heavy atom. The van der Waals surface area contributed by atoms with Gasteiger partial charge < -0.3 is 4.74 Å². The molecule has 0 spiro atoms. The number of esters is 1. The summed E-state index contributed by atoms with van der Waals surface area (Å²) in [6.07, 6.45) is 2.49. The van der Waals surface area contributed by atoms with Crippen LogP contribution in [0.25, 0.3) is 0 Å². The molecular weight excluding hydrogens is 232 g/mol. The van der Waals surface area contributed by atoms with Crippen molar-refractivity contribution in [3.63, 3.8) is 0 Å². The number of ketones is 1. The number of nitrogens with zero attached hydrogens (tertiary/aromatic N) is 2.